The van der Waals surface area contributed by atoms with Crippen LogP contribution in [0.25, 0.3) is 22.2 Å². The van der Waals surface area contributed by atoms with Gasteiger partial charge in [-0.1, -0.05) is 19.1 Å². The van der Waals surface area contributed by atoms with Crippen molar-refractivity contribution in [3.05, 3.63) is 48.3 Å². The van der Waals surface area contributed by atoms with Crippen LogP contribution in [-0.2, 0) is 11.2 Å². The van der Waals surface area contributed by atoms with Crippen molar-refractivity contribution in [2.75, 3.05) is 6.61 Å². The smallest absolute Gasteiger partial charge is 0.306 e. The van der Waals surface area contributed by atoms with Gasteiger partial charge >= 0.3 is 5.97 Å². The van der Waals surface area contributed by atoms with Gasteiger partial charge in [0, 0.05) is 23.3 Å². The zero-order chi connectivity index (χ0) is 16.2. The van der Waals surface area contributed by atoms with Crippen LogP contribution in [0.5, 0.6) is 5.75 Å². The van der Waals surface area contributed by atoms with E-state index in [2.05, 4.69) is 23.0 Å². The number of aromatic amines is 1. The van der Waals surface area contributed by atoms with Gasteiger partial charge in [-0.2, -0.15) is 0 Å². The van der Waals surface area contributed by atoms with Crippen LogP contribution in [0.4, 0.5) is 0 Å². The lowest BCUT2D eigenvalue weighted by molar-refractivity contribution is -0.137. The van der Waals surface area contributed by atoms with E-state index in [0.717, 1.165) is 28.6 Å². The number of rotatable bonds is 6. The van der Waals surface area contributed by atoms with Crippen molar-refractivity contribution in [1.82, 2.24) is 9.97 Å². The van der Waals surface area contributed by atoms with Crippen molar-refractivity contribution in [3.8, 4) is 16.9 Å². The summed E-state index contributed by atoms with van der Waals surface area (Å²) in [5.41, 5.74) is 4.13. The Morgan fingerprint density at radius 1 is 1.30 bits per heavy atom. The maximum absolute atomic E-state index is 10.5. The Hall–Kier alpha value is -2.82. The molecule has 0 bridgehead atoms. The Morgan fingerprint density at radius 2 is 2.17 bits per heavy atom. The quantitative estimate of drug-likeness (QED) is 0.729. The Labute approximate surface area is 133 Å². The number of pyridine rings is 1. The van der Waals surface area contributed by atoms with Gasteiger partial charge in [0.25, 0.3) is 0 Å². The monoisotopic (exact) mass is 310 g/mol. The summed E-state index contributed by atoms with van der Waals surface area (Å²) in [6.45, 7) is 2.28. The summed E-state index contributed by atoms with van der Waals surface area (Å²) in [5.74, 6) is -0.205. The predicted molar refractivity (Wildman–Crippen MR) is 88.7 cm³/mol. The Bertz CT molecular complexity index is 839. The van der Waals surface area contributed by atoms with Gasteiger partial charge in [-0.05, 0) is 35.7 Å². The number of fused-ring (bicyclic) bond motifs is 1. The maximum Gasteiger partial charge on any atom is 0.306 e. The first-order valence-corrected chi connectivity index (χ1v) is 7.58. The topological polar surface area (TPSA) is 75.2 Å². The average molecular weight is 310 g/mol. The van der Waals surface area contributed by atoms with Crippen molar-refractivity contribution < 1.29 is 14.6 Å². The largest absolute Gasteiger partial charge is 0.493 e. The lowest BCUT2D eigenvalue weighted by atomic mass is 10.0. The molecule has 0 saturated heterocycles. The van der Waals surface area contributed by atoms with E-state index in [0.29, 0.717) is 5.75 Å². The summed E-state index contributed by atoms with van der Waals surface area (Å²) in [6.07, 6.45) is 4.76. The van der Waals surface area contributed by atoms with Crippen LogP contribution in [-0.4, -0.2) is 27.7 Å². The van der Waals surface area contributed by atoms with E-state index in [9.17, 15) is 4.79 Å². The molecule has 0 saturated carbocycles. The molecule has 0 radical (unpaired) electrons. The number of aryl methyl sites for hydroxylation is 1. The molecule has 0 amide bonds. The molecule has 0 fully saturated rings. The molecule has 5 heteroatoms. The van der Waals surface area contributed by atoms with Gasteiger partial charge in [0.1, 0.15) is 11.4 Å². The van der Waals surface area contributed by atoms with Crippen LogP contribution in [0, 0.1) is 0 Å². The van der Waals surface area contributed by atoms with Gasteiger partial charge in [0.05, 0.1) is 13.0 Å². The first kappa shape index (κ1) is 15.1. The van der Waals surface area contributed by atoms with E-state index in [1.807, 2.05) is 36.7 Å². The Morgan fingerprint density at radius 3 is 2.96 bits per heavy atom. The fourth-order valence-corrected chi connectivity index (χ4v) is 2.53. The number of carboxylic acids is 1. The van der Waals surface area contributed by atoms with E-state index in [-0.39, 0.29) is 13.0 Å². The minimum atomic E-state index is -0.865. The second kappa shape index (κ2) is 6.52. The van der Waals surface area contributed by atoms with Gasteiger partial charge < -0.3 is 14.8 Å². The highest BCUT2D eigenvalue weighted by Crippen LogP contribution is 2.27. The molecule has 0 aliphatic heterocycles. The summed E-state index contributed by atoms with van der Waals surface area (Å²) in [6, 6.07) is 9.74. The van der Waals surface area contributed by atoms with Gasteiger partial charge in [-0.15, -0.1) is 0 Å². The molecule has 3 aromatic rings. The lowest BCUT2D eigenvalue weighted by Gasteiger charge is -2.07. The number of nitrogens with one attached hydrogen (secondary N) is 1. The normalized spacial score (nSPS) is 10.8. The number of aliphatic carboxylic acids is 1. The molecule has 2 heterocycles. The first-order valence-electron chi connectivity index (χ1n) is 7.58. The minimum absolute atomic E-state index is 0.0129. The van der Waals surface area contributed by atoms with Crippen LogP contribution in [0.1, 0.15) is 18.9 Å². The molecular weight excluding hydrogens is 292 g/mol. The molecule has 118 valence electrons. The third-order valence-electron chi connectivity index (χ3n) is 3.75. The average Bonchev–Trinajstić information content (AvgIpc) is 2.97. The fourth-order valence-electron chi connectivity index (χ4n) is 2.53. The first-order chi connectivity index (χ1) is 11.2. The number of nitrogens with zero attached hydrogens (tertiary/aromatic N) is 1. The zero-order valence-corrected chi connectivity index (χ0v) is 12.9. The third-order valence-corrected chi connectivity index (χ3v) is 3.75. The zero-order valence-electron chi connectivity index (χ0n) is 12.9. The number of hydrogen-bond acceptors (Lipinski definition) is 3. The van der Waals surface area contributed by atoms with E-state index < -0.39 is 5.97 Å². The molecular formula is C18H18N2O3. The van der Waals surface area contributed by atoms with Crippen LogP contribution in [0.15, 0.2) is 42.7 Å². The van der Waals surface area contributed by atoms with Crippen LogP contribution in [0.3, 0.4) is 0 Å². The Balaban J connectivity index is 1.87. The van der Waals surface area contributed by atoms with Gasteiger partial charge in [-0.25, -0.2) is 4.98 Å². The summed E-state index contributed by atoms with van der Waals surface area (Å²) in [4.78, 5) is 18.2. The molecule has 0 unspecified atom stereocenters. The van der Waals surface area contributed by atoms with Crippen LogP contribution < -0.4 is 4.74 Å². The molecule has 5 nitrogen and oxygen atoms in total. The lowest BCUT2D eigenvalue weighted by Crippen LogP contribution is -2.04. The summed E-state index contributed by atoms with van der Waals surface area (Å²) in [7, 11) is 0. The molecule has 3 rings (SSSR count). The Kier molecular flexibility index (Phi) is 4.28. The standard InChI is InChI=1S/C18H18N2O3/c1-2-12-10-19-18-16(12)9-14(11-20-18)13-4-3-5-15(8-13)23-7-6-17(21)22/h3-5,8-11H,2,6-7H2,1H3,(H,19,20)(H,21,22). The molecule has 0 aliphatic carbocycles. The third kappa shape index (κ3) is 3.34. The SMILES string of the molecule is CCc1c[nH]c2ncc(-c3cccc(OCCC(=O)O)c3)cc12. The minimum Gasteiger partial charge on any atom is -0.493 e. The van der Waals surface area contributed by atoms with E-state index in [4.69, 9.17) is 9.84 Å². The molecule has 2 aromatic heterocycles. The molecule has 0 spiro atoms. The number of carboxylic acid groups (broad SMARTS) is 1. The van der Waals surface area contributed by atoms with Gasteiger partial charge in [0.2, 0.25) is 0 Å². The molecule has 0 aliphatic rings. The summed E-state index contributed by atoms with van der Waals surface area (Å²) < 4.78 is 5.49. The molecule has 0 atom stereocenters. The highest BCUT2D eigenvalue weighted by Gasteiger charge is 2.07. The van der Waals surface area contributed by atoms with Gasteiger partial charge in [0.15, 0.2) is 0 Å². The van der Waals surface area contributed by atoms with E-state index in [1.165, 1.54) is 5.56 Å². The van der Waals surface area contributed by atoms with E-state index in [1.54, 1.807) is 0 Å². The fraction of sp³-hybridized carbons (Fsp3) is 0.222. The maximum atomic E-state index is 10.5. The highest BCUT2D eigenvalue weighted by molar-refractivity contribution is 5.84. The molecule has 2 N–H and O–H groups in total. The van der Waals surface area contributed by atoms with Crippen LogP contribution >= 0.6 is 0 Å². The predicted octanol–water partition coefficient (Wildman–Crippen LogP) is 3.65. The number of carbonyl (C=O) groups is 1. The van der Waals surface area contributed by atoms with Gasteiger partial charge in [-0.3, -0.25) is 4.79 Å². The van der Waals surface area contributed by atoms with Crippen molar-refractivity contribution in [1.29, 1.82) is 0 Å². The summed E-state index contributed by atoms with van der Waals surface area (Å²) in [5, 5.41) is 9.79. The molecule has 1 aromatic carbocycles. The second-order valence-electron chi connectivity index (χ2n) is 5.31. The van der Waals surface area contributed by atoms with Crippen molar-refractivity contribution in [2.24, 2.45) is 0 Å². The molecule has 23 heavy (non-hydrogen) atoms. The summed E-state index contributed by atoms with van der Waals surface area (Å²) >= 11 is 0. The highest BCUT2D eigenvalue weighted by atomic mass is 16.5. The van der Waals surface area contributed by atoms with Crippen molar-refractivity contribution >= 4 is 17.0 Å². The number of H-pyrrole nitrogens is 1. The van der Waals surface area contributed by atoms with Crippen molar-refractivity contribution in [2.45, 2.75) is 19.8 Å². The number of aromatic nitrogens is 2. The van der Waals surface area contributed by atoms with Crippen LogP contribution in [0.2, 0.25) is 0 Å². The second-order valence-corrected chi connectivity index (χ2v) is 5.31. The van der Waals surface area contributed by atoms with E-state index >= 15 is 0 Å². The number of ether oxygens (including phenoxy) is 1. The number of hydrogen-bond donors (Lipinski definition) is 2. The number of benzene rings is 1. The van der Waals surface area contributed by atoms with Crippen molar-refractivity contribution in [3.63, 3.8) is 0 Å².